The molecule has 0 aromatic heterocycles. The molecule has 0 saturated carbocycles. The molecule has 1 heterocycles. The second-order valence-electron chi connectivity index (χ2n) is 5.31. The number of fused-ring (bicyclic) bond motifs is 1. The molecule has 27 heavy (non-hydrogen) atoms. The average molecular weight is 423 g/mol. The van der Waals surface area contributed by atoms with E-state index in [4.69, 9.17) is 0 Å². The van der Waals surface area contributed by atoms with E-state index in [1.165, 1.54) is 12.1 Å². The smallest absolute Gasteiger partial charge is 0.269 e. The largest absolute Gasteiger partial charge is 0.523 e. The molecule has 0 aliphatic carbocycles. The molecule has 0 saturated heterocycles. The van der Waals surface area contributed by atoms with E-state index < -0.39 is 52.4 Å². The number of carbonyl (C=O) groups is 2. The van der Waals surface area contributed by atoms with Crippen LogP contribution in [0.1, 0.15) is 20.7 Å². The van der Waals surface area contributed by atoms with Crippen molar-refractivity contribution in [1.82, 2.24) is 4.90 Å². The van der Waals surface area contributed by atoms with Crippen molar-refractivity contribution in [3.8, 4) is 0 Å². The molecule has 1 aliphatic rings. The zero-order chi connectivity index (χ0) is 20.8. The van der Waals surface area contributed by atoms with Gasteiger partial charge in [0, 0.05) is 0 Å². The lowest BCUT2D eigenvalue weighted by Crippen LogP contribution is -2.53. The molecule has 2 rings (SSSR count). The summed E-state index contributed by atoms with van der Waals surface area (Å²) in [4.78, 5) is 23.6. The summed E-state index contributed by atoms with van der Waals surface area (Å²) in [5.41, 5.74) is -6.74. The van der Waals surface area contributed by atoms with Gasteiger partial charge in [0.2, 0.25) is 0 Å². The second-order valence-corrected chi connectivity index (χ2v) is 6.92. The highest BCUT2D eigenvalue weighted by Crippen LogP contribution is 2.38. The van der Waals surface area contributed by atoms with Gasteiger partial charge < -0.3 is 0 Å². The summed E-state index contributed by atoms with van der Waals surface area (Å²) in [6, 6.07) is 4.75. The third-order valence-electron chi connectivity index (χ3n) is 3.45. The van der Waals surface area contributed by atoms with Gasteiger partial charge in [-0.2, -0.15) is 39.2 Å². The van der Waals surface area contributed by atoms with Gasteiger partial charge in [0.1, 0.15) is 6.61 Å². The maximum atomic E-state index is 13.8. The Hall–Kier alpha value is -2.22. The van der Waals surface area contributed by atoms with Gasteiger partial charge in [0.25, 0.3) is 11.8 Å². The quantitative estimate of drug-likeness (QED) is 0.304. The van der Waals surface area contributed by atoms with Crippen LogP contribution in [0, 0.1) is 0 Å². The standard InChI is InChI=1S/C13H8F7NO5S/c14-11(15,12(16,17)6-26-27(24,25)13(18,19)20)5-21-9(22)7-3-1-2-4-8(7)10(21)23/h1-4H,5-6H2. The van der Waals surface area contributed by atoms with Crippen molar-refractivity contribution in [1.29, 1.82) is 0 Å². The van der Waals surface area contributed by atoms with Crippen molar-refractivity contribution in [2.75, 3.05) is 13.2 Å². The molecule has 0 bridgehead atoms. The van der Waals surface area contributed by atoms with Crippen LogP contribution >= 0.6 is 0 Å². The Balaban J connectivity index is 2.18. The van der Waals surface area contributed by atoms with Gasteiger partial charge in [-0.15, -0.1) is 0 Å². The predicted octanol–water partition coefficient (Wildman–Crippen LogP) is 2.42. The molecule has 0 fully saturated rings. The van der Waals surface area contributed by atoms with Gasteiger partial charge >= 0.3 is 27.5 Å². The summed E-state index contributed by atoms with van der Waals surface area (Å²) in [7, 11) is -6.54. The molecule has 1 aromatic carbocycles. The average Bonchev–Trinajstić information content (AvgIpc) is 2.77. The summed E-state index contributed by atoms with van der Waals surface area (Å²) in [5.74, 6) is -13.3. The number of alkyl halides is 7. The number of amides is 2. The van der Waals surface area contributed by atoms with Crippen LogP contribution in [0.5, 0.6) is 0 Å². The lowest BCUT2D eigenvalue weighted by atomic mass is 10.1. The van der Waals surface area contributed by atoms with Gasteiger partial charge in [-0.1, -0.05) is 12.1 Å². The van der Waals surface area contributed by atoms with Crippen molar-refractivity contribution in [2.45, 2.75) is 17.4 Å². The monoisotopic (exact) mass is 423 g/mol. The van der Waals surface area contributed by atoms with E-state index in [2.05, 4.69) is 4.18 Å². The van der Waals surface area contributed by atoms with Gasteiger partial charge in [-0.25, -0.2) is 0 Å². The van der Waals surface area contributed by atoms with Gasteiger partial charge in [0.15, 0.2) is 0 Å². The van der Waals surface area contributed by atoms with Gasteiger partial charge in [0.05, 0.1) is 17.7 Å². The third kappa shape index (κ3) is 3.76. The lowest BCUT2D eigenvalue weighted by molar-refractivity contribution is -0.224. The van der Waals surface area contributed by atoms with Crippen molar-refractivity contribution in [2.24, 2.45) is 0 Å². The fraction of sp³-hybridized carbons (Fsp3) is 0.385. The fourth-order valence-corrected chi connectivity index (χ4v) is 2.46. The van der Waals surface area contributed by atoms with Crippen LogP contribution in [-0.4, -0.2) is 55.6 Å². The van der Waals surface area contributed by atoms with E-state index in [-0.39, 0.29) is 16.0 Å². The van der Waals surface area contributed by atoms with E-state index in [1.54, 1.807) is 0 Å². The van der Waals surface area contributed by atoms with Crippen LogP contribution in [0.2, 0.25) is 0 Å². The van der Waals surface area contributed by atoms with Crippen molar-refractivity contribution in [3.05, 3.63) is 35.4 Å². The number of carbonyl (C=O) groups excluding carboxylic acids is 2. The first kappa shape index (κ1) is 21.1. The number of rotatable bonds is 6. The fourth-order valence-electron chi connectivity index (χ4n) is 2.02. The molecule has 0 unspecified atom stereocenters. The van der Waals surface area contributed by atoms with E-state index in [9.17, 15) is 48.7 Å². The minimum Gasteiger partial charge on any atom is -0.269 e. The molecule has 2 amide bonds. The number of hydrogen-bond acceptors (Lipinski definition) is 5. The Labute approximate surface area is 146 Å². The Morgan fingerprint density at radius 3 is 1.70 bits per heavy atom. The molecule has 1 aliphatic heterocycles. The molecule has 6 nitrogen and oxygen atoms in total. The molecule has 0 atom stereocenters. The first-order chi connectivity index (χ1) is 12.1. The normalized spacial score (nSPS) is 16.0. The summed E-state index contributed by atoms with van der Waals surface area (Å²) < 4.78 is 115. The first-order valence-corrected chi connectivity index (χ1v) is 8.18. The molecule has 150 valence electrons. The van der Waals surface area contributed by atoms with E-state index in [1.807, 2.05) is 0 Å². The number of imide groups is 1. The predicted molar refractivity (Wildman–Crippen MR) is 72.6 cm³/mol. The zero-order valence-electron chi connectivity index (χ0n) is 12.8. The molecular formula is C13H8F7NO5S. The molecular weight excluding hydrogens is 415 g/mol. The Morgan fingerprint density at radius 2 is 1.30 bits per heavy atom. The summed E-state index contributed by atoms with van der Waals surface area (Å²) in [6.45, 7) is -5.03. The van der Waals surface area contributed by atoms with Crippen LogP contribution in [0.4, 0.5) is 30.7 Å². The highest BCUT2D eigenvalue weighted by Gasteiger charge is 2.61. The third-order valence-corrected chi connectivity index (χ3v) is 4.44. The Bertz CT molecular complexity index is 846. The first-order valence-electron chi connectivity index (χ1n) is 6.77. The summed E-state index contributed by atoms with van der Waals surface area (Å²) >= 11 is 0. The van der Waals surface area contributed by atoms with Crippen LogP contribution in [0.3, 0.4) is 0 Å². The zero-order valence-corrected chi connectivity index (χ0v) is 13.6. The Kier molecular flexibility index (Phi) is 5.03. The summed E-state index contributed by atoms with van der Waals surface area (Å²) in [6.07, 6.45) is 0. The molecule has 1 aromatic rings. The highest BCUT2D eigenvalue weighted by molar-refractivity contribution is 7.87. The lowest BCUT2D eigenvalue weighted by Gasteiger charge is -2.29. The maximum Gasteiger partial charge on any atom is 0.523 e. The number of halogens is 7. The van der Waals surface area contributed by atoms with E-state index in [0.717, 1.165) is 12.1 Å². The number of benzene rings is 1. The van der Waals surface area contributed by atoms with Gasteiger partial charge in [-0.3, -0.25) is 18.7 Å². The molecule has 0 N–H and O–H groups in total. The van der Waals surface area contributed by atoms with Crippen molar-refractivity contribution in [3.63, 3.8) is 0 Å². The second kappa shape index (κ2) is 6.44. The SMILES string of the molecule is O=C1c2ccccc2C(=O)N1CC(F)(F)C(F)(F)COS(=O)(=O)C(F)(F)F. The summed E-state index contributed by atoms with van der Waals surface area (Å²) in [5, 5.41) is 0. The minimum atomic E-state index is -6.54. The van der Waals surface area contributed by atoms with E-state index >= 15 is 0 Å². The van der Waals surface area contributed by atoms with Crippen LogP contribution in [-0.2, 0) is 14.3 Å². The topological polar surface area (TPSA) is 80.8 Å². The number of hydrogen-bond donors (Lipinski definition) is 0. The molecule has 14 heteroatoms. The van der Waals surface area contributed by atoms with Crippen LogP contribution in [0.15, 0.2) is 24.3 Å². The van der Waals surface area contributed by atoms with E-state index in [0.29, 0.717) is 0 Å². The van der Waals surface area contributed by atoms with Crippen LogP contribution < -0.4 is 0 Å². The number of nitrogens with zero attached hydrogens (tertiary/aromatic N) is 1. The maximum absolute atomic E-state index is 13.8. The van der Waals surface area contributed by atoms with Crippen molar-refractivity contribution < 1.29 is 52.9 Å². The van der Waals surface area contributed by atoms with Crippen LogP contribution in [0.25, 0.3) is 0 Å². The highest BCUT2D eigenvalue weighted by atomic mass is 32.2. The van der Waals surface area contributed by atoms with Gasteiger partial charge in [-0.05, 0) is 12.1 Å². The minimum absolute atomic E-state index is 0.211. The van der Waals surface area contributed by atoms with Crippen molar-refractivity contribution >= 4 is 21.9 Å². The molecule has 0 radical (unpaired) electrons. The Morgan fingerprint density at radius 1 is 0.852 bits per heavy atom. The molecule has 0 spiro atoms.